The van der Waals surface area contributed by atoms with Crippen LogP contribution in [0.2, 0.25) is 0 Å². The lowest BCUT2D eigenvalue weighted by atomic mass is 9.82. The van der Waals surface area contributed by atoms with Crippen LogP contribution in [0.5, 0.6) is 0 Å². The Balaban J connectivity index is 0.00000544. The van der Waals surface area contributed by atoms with E-state index in [9.17, 15) is 56.6 Å². The summed E-state index contributed by atoms with van der Waals surface area (Å²) in [6.45, 7) is 19.8. The molecule has 14 N–H and O–H groups in total. The summed E-state index contributed by atoms with van der Waals surface area (Å²) < 4.78 is 167. The molecule has 6 rings (SSSR count). The molecule has 150 heavy (non-hydrogen) atoms. The van der Waals surface area contributed by atoms with Crippen LogP contribution in [0.4, 0.5) is 13.2 Å². The van der Waals surface area contributed by atoms with Crippen molar-refractivity contribution in [3.05, 3.63) is 65.8 Å². The number of carbonyl (C=O) groups excluding carboxylic acids is 7. The standard InChI is InChI=1S/C95H163N15O33.C2HF3O2/c96-95(97)99-19-10-17-81-89(114)101-74-86(111)104-84(72-87(112)113)91(116)105-82(69-76-11-4-1-5-12-76)90(115)103-79(73-100-81)71-80-75-110(109-108-80)22-24-121-26-28-123-30-32-125-34-36-127-38-40-129-42-44-131-46-48-133-50-52-135-54-56-137-58-60-139-62-64-141-66-68-142-67-65-140-63-61-138-59-57-136-55-53-134-51-49-132-47-45-130-43-41-128-39-37-126-35-33-124-31-29-122-27-25-120-23-21-98-94(119)88(78-15-8-3-9-16-78)107-92(117)83(70-77-13-6-2-7-14-77)106-93(118)85-18-20-102-143-85;3-2(4,5)1(6)7/h1,4-5,11-12,18,20,75,77-79,81-84,88,100H,2-3,6-10,13-17,19,21-74H2,(H,98,119)(H,101,114)(H,103,115)(H,104,111)(H,105,116)(H,106,118)(H,107,117)(H,112,113)(H4,96,97,99);(H,6,7)/t79-,81-,82+,83-,84-,88-;/m0./s1. The molecule has 3 fully saturated rings. The van der Waals surface area contributed by atoms with Crippen molar-refractivity contribution in [3.63, 3.8) is 0 Å². The van der Waals surface area contributed by atoms with Crippen LogP contribution in [-0.2, 0) is 167 Å². The lowest BCUT2D eigenvalue weighted by Crippen LogP contribution is -2.57. The highest BCUT2D eigenvalue weighted by molar-refractivity contribution is 5.97. The van der Waals surface area contributed by atoms with Gasteiger partial charge in [-0.2, -0.15) is 13.2 Å². The number of aliphatic imine (C=N–C) groups is 1. The Morgan fingerprint density at radius 2 is 0.860 bits per heavy atom. The second kappa shape index (κ2) is 89.3. The maximum Gasteiger partial charge on any atom is 0.490 e. The minimum absolute atomic E-state index is 0.00228. The molecule has 6 atom stereocenters. The molecule has 0 bridgehead atoms. The Kier molecular flexibility index (Phi) is 78.2. The van der Waals surface area contributed by atoms with Crippen LogP contribution in [0.25, 0.3) is 0 Å². The van der Waals surface area contributed by atoms with E-state index >= 15 is 0 Å². The number of benzene rings is 1. The fourth-order valence-corrected chi connectivity index (χ4v) is 14.8. The van der Waals surface area contributed by atoms with E-state index in [1.165, 1.54) is 18.7 Å². The molecule has 2 aromatic heterocycles. The van der Waals surface area contributed by atoms with E-state index in [1.807, 2.05) is 0 Å². The molecule has 1 aromatic carbocycles. The van der Waals surface area contributed by atoms with Gasteiger partial charge in [0.15, 0.2) is 5.96 Å². The highest BCUT2D eigenvalue weighted by atomic mass is 19.4. The third-order valence-electron chi connectivity index (χ3n) is 22.3. The fraction of sp³-hybridized carbons (Fsp3) is 0.784. The number of carbonyl (C=O) groups is 9. The first-order chi connectivity index (χ1) is 73.1. The minimum Gasteiger partial charge on any atom is -0.481 e. The topological polar surface area (TPSA) is 624 Å². The molecule has 2 aliphatic carbocycles. The fourth-order valence-electron chi connectivity index (χ4n) is 14.8. The van der Waals surface area contributed by atoms with E-state index in [-0.39, 0.29) is 75.0 Å². The smallest absolute Gasteiger partial charge is 0.481 e. The molecule has 50 nitrogen and oxygen atoms in total. The number of hydrogen-bond donors (Lipinski definition) is 12. The molecule has 3 heterocycles. The van der Waals surface area contributed by atoms with Crippen molar-refractivity contribution in [2.24, 2.45) is 28.3 Å². The average Bonchev–Trinajstić information content (AvgIpc) is 1.42. The van der Waals surface area contributed by atoms with Crippen molar-refractivity contribution in [2.75, 3.05) is 330 Å². The number of aromatic nitrogens is 4. The van der Waals surface area contributed by atoms with Gasteiger partial charge < -0.3 is 178 Å². The number of hydrogen-bond acceptors (Lipinski definition) is 38. The number of alkyl halides is 3. The monoisotopic (exact) mass is 2160 g/mol. The summed E-state index contributed by atoms with van der Waals surface area (Å²) in [6, 6.07) is 4.50. The third-order valence-corrected chi connectivity index (χ3v) is 22.3. The highest BCUT2D eigenvalue weighted by Crippen LogP contribution is 2.30. The molecule has 858 valence electrons. The van der Waals surface area contributed by atoms with E-state index in [0.717, 1.165) is 57.8 Å². The molecule has 0 spiro atoms. The van der Waals surface area contributed by atoms with Crippen molar-refractivity contribution in [1.82, 2.24) is 62.7 Å². The Labute approximate surface area is 874 Å². The first-order valence-corrected chi connectivity index (χ1v) is 51.6. The van der Waals surface area contributed by atoms with Gasteiger partial charge in [0.2, 0.25) is 41.2 Å². The molecule has 53 heteroatoms. The van der Waals surface area contributed by atoms with Crippen LogP contribution in [0, 0.1) is 11.8 Å². The average molecular weight is 2160 g/mol. The molecular weight excluding hydrogens is 1990 g/mol. The third kappa shape index (κ3) is 71.0. The molecule has 7 amide bonds. The summed E-state index contributed by atoms with van der Waals surface area (Å²) in [6.07, 6.45) is 8.68. The van der Waals surface area contributed by atoms with Gasteiger partial charge in [-0.1, -0.05) is 92.1 Å². The number of nitrogens with one attached hydrogen (secondary N) is 8. The molecule has 2 saturated carbocycles. The Morgan fingerprint density at radius 1 is 0.467 bits per heavy atom. The van der Waals surface area contributed by atoms with Gasteiger partial charge in [-0.25, -0.2) is 9.48 Å². The van der Waals surface area contributed by atoms with Gasteiger partial charge in [-0.05, 0) is 49.5 Å². The van der Waals surface area contributed by atoms with Gasteiger partial charge in [-0.3, -0.25) is 43.3 Å². The first-order valence-electron chi connectivity index (χ1n) is 51.6. The number of amides is 7. The van der Waals surface area contributed by atoms with Crippen LogP contribution in [-0.4, -0.2) is 462 Å². The number of halogens is 3. The predicted molar refractivity (Wildman–Crippen MR) is 530 cm³/mol. The number of guanidine groups is 1. The molecular formula is C97H164F3N15O35. The predicted octanol–water partition coefficient (Wildman–Crippen LogP) is 0.0874. The maximum absolute atomic E-state index is 14.2. The maximum atomic E-state index is 14.2. The van der Waals surface area contributed by atoms with Crippen molar-refractivity contribution in [1.29, 1.82) is 0 Å². The van der Waals surface area contributed by atoms with Crippen molar-refractivity contribution >= 4 is 59.2 Å². The first kappa shape index (κ1) is 131. The van der Waals surface area contributed by atoms with Gasteiger partial charge in [0, 0.05) is 50.8 Å². The zero-order valence-electron chi connectivity index (χ0n) is 86.5. The number of nitrogens with zero attached hydrogens (tertiary/aromatic N) is 5. The Morgan fingerprint density at radius 3 is 1.25 bits per heavy atom. The summed E-state index contributed by atoms with van der Waals surface area (Å²) in [5.41, 5.74) is 12.2. The SMILES string of the molecule is NC(N)=NCCC[C@@H]1NC[C@H](Cc2cn(CCOCCOCCOCCOCCOCCOCCOCCOCCOCCOCCOCCOCCOCCOCCOCCOCCOCCOCCOCCOCCOCCOCCOCCNC(=O)[C@@H](NC(=O)[C@H](CC3CCCCC3)NC(=O)c3ccno3)C3CCCCC3)nn2)NC(=O)[C@@H](Cc2ccccc2)NC(=O)[C@H](CC(=O)O)NC(=O)CNC1=O.O=C(O)C(F)(F)F. The van der Waals surface area contributed by atoms with Crippen LogP contribution in [0.3, 0.4) is 0 Å². The quantitative estimate of drug-likeness (QED) is 0.0202. The molecule has 1 aliphatic heterocycles. The van der Waals surface area contributed by atoms with Gasteiger partial charge in [0.1, 0.15) is 24.2 Å². The van der Waals surface area contributed by atoms with Crippen LogP contribution in [0.15, 0.2) is 58.3 Å². The van der Waals surface area contributed by atoms with Crippen molar-refractivity contribution < 1.29 is 180 Å². The number of rotatable bonds is 90. The van der Waals surface area contributed by atoms with Gasteiger partial charge in [0.25, 0.3) is 5.91 Å². The number of carboxylic acid groups (broad SMARTS) is 2. The van der Waals surface area contributed by atoms with Crippen molar-refractivity contribution in [2.45, 2.75) is 152 Å². The lowest BCUT2D eigenvalue weighted by Gasteiger charge is -2.32. The van der Waals surface area contributed by atoms with Crippen LogP contribution < -0.4 is 54.0 Å². The summed E-state index contributed by atoms with van der Waals surface area (Å²) in [5.74, 6) is -7.88. The molecule has 1 saturated heterocycles. The van der Waals surface area contributed by atoms with Crippen LogP contribution >= 0.6 is 0 Å². The summed E-state index contributed by atoms with van der Waals surface area (Å²) in [5, 5.41) is 51.5. The summed E-state index contributed by atoms with van der Waals surface area (Å²) in [4.78, 5) is 119. The largest absolute Gasteiger partial charge is 0.490 e. The highest BCUT2D eigenvalue weighted by Gasteiger charge is 2.39. The minimum atomic E-state index is -5.08. The normalized spacial score (nSPS) is 16.6. The second-order valence-corrected chi connectivity index (χ2v) is 34.2. The Bertz CT molecular complexity index is 3940. The molecule has 3 aromatic rings. The van der Waals surface area contributed by atoms with Gasteiger partial charge in [-0.15, -0.1) is 5.10 Å². The summed E-state index contributed by atoms with van der Waals surface area (Å²) in [7, 11) is 0. The zero-order chi connectivity index (χ0) is 108. The number of carboxylic acids is 2. The van der Waals surface area contributed by atoms with E-state index in [0.29, 0.717) is 334 Å². The Hall–Kier alpha value is -9.10. The van der Waals surface area contributed by atoms with E-state index < -0.39 is 96.9 Å². The molecule has 0 radical (unpaired) electrons. The number of nitrogens with two attached hydrogens (primary N) is 2. The summed E-state index contributed by atoms with van der Waals surface area (Å²) >= 11 is 0. The number of ether oxygens (including phenoxy) is 23. The van der Waals surface area contributed by atoms with Gasteiger partial charge >= 0.3 is 18.1 Å². The number of aliphatic carboxylic acids is 2. The molecule has 0 unspecified atom stereocenters. The van der Waals surface area contributed by atoms with Gasteiger partial charge in [0.05, 0.1) is 341 Å². The zero-order valence-corrected chi connectivity index (χ0v) is 86.5. The lowest BCUT2D eigenvalue weighted by molar-refractivity contribution is -0.192. The second-order valence-electron chi connectivity index (χ2n) is 34.2. The van der Waals surface area contributed by atoms with E-state index in [2.05, 4.69) is 63.0 Å². The van der Waals surface area contributed by atoms with E-state index in [4.69, 9.17) is 135 Å². The van der Waals surface area contributed by atoms with E-state index in [1.54, 1.807) is 41.2 Å². The van der Waals surface area contributed by atoms with Crippen LogP contribution in [0.1, 0.15) is 112 Å². The molecule has 3 aliphatic rings. The van der Waals surface area contributed by atoms with Crippen molar-refractivity contribution in [3.8, 4) is 0 Å².